The molecule has 0 amide bonds. The van der Waals surface area contributed by atoms with Gasteiger partial charge >= 0.3 is 6.18 Å². The monoisotopic (exact) mass is 357 g/mol. The van der Waals surface area contributed by atoms with Crippen LogP contribution in [0.2, 0.25) is 0 Å². The molecule has 4 rings (SSSR count). The molecule has 2 aliphatic heterocycles. The van der Waals surface area contributed by atoms with Gasteiger partial charge in [0.1, 0.15) is 6.10 Å². The first kappa shape index (κ1) is 17.0. The van der Waals surface area contributed by atoms with Crippen molar-refractivity contribution in [3.63, 3.8) is 0 Å². The lowest BCUT2D eigenvalue weighted by Crippen LogP contribution is -2.44. The summed E-state index contributed by atoms with van der Waals surface area (Å²) >= 11 is 0. The third-order valence-corrected chi connectivity index (χ3v) is 5.39. The highest BCUT2D eigenvalue weighted by Gasteiger charge is 2.41. The fourth-order valence-corrected chi connectivity index (χ4v) is 3.76. The van der Waals surface area contributed by atoms with E-state index in [0.717, 1.165) is 37.8 Å². The number of alkyl halides is 3. The molecule has 1 aromatic rings. The van der Waals surface area contributed by atoms with E-state index in [0.29, 0.717) is 31.1 Å². The first-order chi connectivity index (χ1) is 11.9. The van der Waals surface area contributed by atoms with Crippen molar-refractivity contribution >= 4 is 0 Å². The second kappa shape index (κ2) is 6.36. The predicted octanol–water partition coefficient (Wildman–Crippen LogP) is 4.26. The standard InChI is InChI=1S/C18H22F3NO3/c19-18(20,21)12-3-6-16(17(7-12)24-10-11-1-2-11)25-15-8-13-4-5-14(9-15)22(13)23/h3,6-7,11,13-15,23H,1-2,4-5,8-10H2/t13-,14+,15?. The molecule has 2 heterocycles. The zero-order valence-corrected chi connectivity index (χ0v) is 13.8. The minimum Gasteiger partial charge on any atom is -0.489 e. The van der Waals surface area contributed by atoms with Gasteiger partial charge in [-0.3, -0.25) is 0 Å². The van der Waals surface area contributed by atoms with Gasteiger partial charge in [0.15, 0.2) is 11.5 Å². The summed E-state index contributed by atoms with van der Waals surface area (Å²) in [4.78, 5) is 0. The fourth-order valence-electron chi connectivity index (χ4n) is 3.76. The number of hydrogen-bond donors (Lipinski definition) is 1. The van der Waals surface area contributed by atoms with Gasteiger partial charge in [-0.2, -0.15) is 18.2 Å². The number of hydroxylamine groups is 2. The lowest BCUT2D eigenvalue weighted by Gasteiger charge is -2.34. The highest BCUT2D eigenvalue weighted by molar-refractivity contribution is 5.44. The topological polar surface area (TPSA) is 41.9 Å². The Kier molecular flexibility index (Phi) is 4.32. The molecule has 2 bridgehead atoms. The molecule has 1 unspecified atom stereocenters. The lowest BCUT2D eigenvalue weighted by atomic mass is 10.0. The predicted molar refractivity (Wildman–Crippen MR) is 83.7 cm³/mol. The Morgan fingerprint density at radius 3 is 2.32 bits per heavy atom. The summed E-state index contributed by atoms with van der Waals surface area (Å²) < 4.78 is 50.6. The zero-order valence-electron chi connectivity index (χ0n) is 13.8. The molecule has 0 spiro atoms. The van der Waals surface area contributed by atoms with Crippen LogP contribution < -0.4 is 9.47 Å². The Balaban J connectivity index is 1.51. The molecule has 3 fully saturated rings. The Hall–Kier alpha value is -1.47. The van der Waals surface area contributed by atoms with Crippen LogP contribution in [0.5, 0.6) is 11.5 Å². The Bertz CT molecular complexity index is 618. The number of fused-ring (bicyclic) bond motifs is 2. The number of benzene rings is 1. The van der Waals surface area contributed by atoms with E-state index in [-0.39, 0.29) is 23.9 Å². The van der Waals surface area contributed by atoms with Crippen LogP contribution in [0.3, 0.4) is 0 Å². The van der Waals surface area contributed by atoms with Gasteiger partial charge in [-0.25, -0.2) is 0 Å². The van der Waals surface area contributed by atoms with Crippen LogP contribution >= 0.6 is 0 Å². The Morgan fingerprint density at radius 1 is 1.04 bits per heavy atom. The molecule has 1 N–H and O–H groups in total. The maximum Gasteiger partial charge on any atom is 0.416 e. The molecule has 3 atom stereocenters. The van der Waals surface area contributed by atoms with E-state index in [1.54, 1.807) is 0 Å². The van der Waals surface area contributed by atoms with Gasteiger partial charge in [0.25, 0.3) is 0 Å². The molecule has 2 saturated heterocycles. The molecular weight excluding hydrogens is 335 g/mol. The average molecular weight is 357 g/mol. The van der Waals surface area contributed by atoms with Crippen LogP contribution in [0.25, 0.3) is 0 Å². The van der Waals surface area contributed by atoms with Crippen molar-refractivity contribution in [1.82, 2.24) is 5.06 Å². The minimum absolute atomic E-state index is 0.0778. The van der Waals surface area contributed by atoms with E-state index in [1.807, 2.05) is 0 Å². The van der Waals surface area contributed by atoms with Gasteiger partial charge in [-0.1, -0.05) is 0 Å². The van der Waals surface area contributed by atoms with E-state index >= 15 is 0 Å². The van der Waals surface area contributed by atoms with E-state index in [4.69, 9.17) is 9.47 Å². The lowest BCUT2D eigenvalue weighted by molar-refractivity contribution is -0.164. The Morgan fingerprint density at radius 2 is 1.72 bits per heavy atom. The van der Waals surface area contributed by atoms with Crippen LogP contribution in [-0.2, 0) is 6.18 Å². The molecule has 138 valence electrons. The number of piperidine rings is 1. The molecule has 0 aromatic heterocycles. The van der Waals surface area contributed by atoms with Gasteiger partial charge in [0, 0.05) is 24.9 Å². The van der Waals surface area contributed by atoms with Crippen molar-refractivity contribution in [2.45, 2.75) is 62.9 Å². The van der Waals surface area contributed by atoms with Crippen molar-refractivity contribution in [1.29, 1.82) is 0 Å². The molecular formula is C18H22F3NO3. The number of hydrogen-bond acceptors (Lipinski definition) is 4. The Labute approximate surface area is 144 Å². The van der Waals surface area contributed by atoms with Crippen LogP contribution in [0.4, 0.5) is 13.2 Å². The highest BCUT2D eigenvalue weighted by Crippen LogP contribution is 2.41. The summed E-state index contributed by atoms with van der Waals surface area (Å²) in [5.74, 6) is 0.973. The first-order valence-corrected chi connectivity index (χ1v) is 8.88. The molecule has 3 aliphatic rings. The summed E-state index contributed by atoms with van der Waals surface area (Å²) in [5, 5.41) is 11.4. The highest BCUT2D eigenvalue weighted by atomic mass is 19.4. The summed E-state index contributed by atoms with van der Waals surface area (Å²) in [6.07, 6.45) is 0.823. The summed E-state index contributed by atoms with van der Waals surface area (Å²) in [6.45, 7) is 0.429. The molecule has 1 saturated carbocycles. The van der Waals surface area contributed by atoms with Gasteiger partial charge in [-0.15, -0.1) is 0 Å². The average Bonchev–Trinajstić information content (AvgIpc) is 3.35. The molecule has 7 heteroatoms. The second-order valence-electron chi connectivity index (χ2n) is 7.39. The van der Waals surface area contributed by atoms with Crippen molar-refractivity contribution in [3.8, 4) is 11.5 Å². The maximum absolute atomic E-state index is 13.0. The molecule has 25 heavy (non-hydrogen) atoms. The molecule has 1 aromatic carbocycles. The number of nitrogens with zero attached hydrogens (tertiary/aromatic N) is 1. The van der Waals surface area contributed by atoms with Crippen molar-refractivity contribution in [3.05, 3.63) is 23.8 Å². The molecule has 1 aliphatic carbocycles. The van der Waals surface area contributed by atoms with Crippen LogP contribution in [0, 0.1) is 5.92 Å². The SMILES string of the molecule is ON1[C@@H]2CC[C@H]1CC(Oc1ccc(C(F)(F)F)cc1OCC1CC1)C2. The van der Waals surface area contributed by atoms with E-state index < -0.39 is 11.7 Å². The third kappa shape index (κ3) is 3.72. The number of halogens is 3. The van der Waals surface area contributed by atoms with Gasteiger partial charge in [0.05, 0.1) is 12.2 Å². The summed E-state index contributed by atoms with van der Waals surface area (Å²) in [5.41, 5.74) is -0.726. The largest absolute Gasteiger partial charge is 0.489 e. The smallest absolute Gasteiger partial charge is 0.416 e. The maximum atomic E-state index is 13.0. The summed E-state index contributed by atoms with van der Waals surface area (Å²) in [6, 6.07) is 3.59. The van der Waals surface area contributed by atoms with Crippen LogP contribution in [0.1, 0.15) is 44.1 Å². The number of ether oxygens (including phenoxy) is 2. The quantitative estimate of drug-likeness (QED) is 0.855. The fraction of sp³-hybridized carbons (Fsp3) is 0.667. The normalized spacial score (nSPS) is 29.7. The zero-order chi connectivity index (χ0) is 17.6. The van der Waals surface area contributed by atoms with E-state index in [9.17, 15) is 18.4 Å². The van der Waals surface area contributed by atoms with Crippen molar-refractivity contribution in [2.75, 3.05) is 6.61 Å². The molecule has 0 radical (unpaired) electrons. The van der Waals surface area contributed by atoms with Crippen molar-refractivity contribution in [2.24, 2.45) is 5.92 Å². The van der Waals surface area contributed by atoms with E-state index in [2.05, 4.69) is 0 Å². The van der Waals surface area contributed by atoms with E-state index in [1.165, 1.54) is 11.1 Å². The first-order valence-electron chi connectivity index (χ1n) is 8.88. The van der Waals surface area contributed by atoms with Crippen LogP contribution in [0.15, 0.2) is 18.2 Å². The third-order valence-electron chi connectivity index (χ3n) is 5.39. The van der Waals surface area contributed by atoms with Gasteiger partial charge in [-0.05, 0) is 49.8 Å². The molecule has 4 nitrogen and oxygen atoms in total. The van der Waals surface area contributed by atoms with Gasteiger partial charge < -0.3 is 14.7 Å². The number of rotatable bonds is 5. The van der Waals surface area contributed by atoms with Crippen molar-refractivity contribution < 1.29 is 27.9 Å². The van der Waals surface area contributed by atoms with Gasteiger partial charge in [0.2, 0.25) is 0 Å². The van der Waals surface area contributed by atoms with Crippen LogP contribution in [-0.4, -0.2) is 35.1 Å². The summed E-state index contributed by atoms with van der Waals surface area (Å²) in [7, 11) is 0. The second-order valence-corrected chi connectivity index (χ2v) is 7.39. The minimum atomic E-state index is -4.41.